The summed E-state index contributed by atoms with van der Waals surface area (Å²) in [5.74, 6) is 0. The van der Waals surface area contributed by atoms with Crippen LogP contribution in [-0.4, -0.2) is 11.9 Å². The van der Waals surface area contributed by atoms with Gasteiger partial charge in [0.25, 0.3) is 0 Å². The summed E-state index contributed by atoms with van der Waals surface area (Å²) in [4.78, 5) is 0. The van der Waals surface area contributed by atoms with Gasteiger partial charge in [-0.3, -0.25) is 0 Å². The summed E-state index contributed by atoms with van der Waals surface area (Å²) in [5.41, 5.74) is -9.96. The minimum absolute atomic E-state index is 0.00737. The Hall–Kier alpha value is -2.38. The highest BCUT2D eigenvalue weighted by molar-refractivity contribution is 6.79. The molecule has 2 rings (SSSR count). The van der Waals surface area contributed by atoms with Gasteiger partial charge in [0.15, 0.2) is 0 Å². The molecular weight excluding hydrogens is 447 g/mol. The van der Waals surface area contributed by atoms with Crippen molar-refractivity contribution >= 4 is 17.8 Å². The molecule has 1 nitrogen and oxygen atoms in total. The molecular formula is C16H7BF12O. The van der Waals surface area contributed by atoms with E-state index in [1.165, 1.54) is 0 Å². The van der Waals surface area contributed by atoms with Crippen LogP contribution in [0, 0.1) is 0 Å². The fraction of sp³-hybridized carbons (Fsp3) is 0.250. The first kappa shape index (κ1) is 23.9. The molecule has 0 aliphatic rings. The van der Waals surface area contributed by atoms with Crippen LogP contribution in [0.5, 0.6) is 0 Å². The molecule has 0 saturated carbocycles. The van der Waals surface area contributed by atoms with Crippen LogP contribution < -0.4 is 10.9 Å². The predicted octanol–water partition coefficient (Wildman–Crippen LogP) is 4.86. The standard InChI is InChI=1S/C16H7BF12O/c18-13(19,20)7-1-8(14(21,22)23)4-11(3-7)17(30)12-5-9(15(24,25)26)2-10(6-12)16(27,28)29/h1-6,30H. The first-order valence-electron chi connectivity index (χ1n) is 7.57. The van der Waals surface area contributed by atoms with Gasteiger partial charge in [-0.05, 0) is 23.1 Å². The van der Waals surface area contributed by atoms with Crippen molar-refractivity contribution in [2.24, 2.45) is 0 Å². The largest absolute Gasteiger partial charge is 0.443 e. The topological polar surface area (TPSA) is 20.2 Å². The lowest BCUT2D eigenvalue weighted by Gasteiger charge is -2.18. The molecule has 0 aliphatic heterocycles. The highest BCUT2D eigenvalue weighted by Crippen LogP contribution is 2.36. The van der Waals surface area contributed by atoms with Crippen molar-refractivity contribution in [3.8, 4) is 0 Å². The van der Waals surface area contributed by atoms with Gasteiger partial charge in [0.05, 0.1) is 22.3 Å². The SMILES string of the molecule is OB(c1cc(C(F)(F)F)cc(C(F)(F)F)c1)c1cc(C(F)(F)F)cc(C(F)(F)F)c1. The molecule has 2 aromatic rings. The van der Waals surface area contributed by atoms with E-state index in [1.54, 1.807) is 0 Å². The Kier molecular flexibility index (Phi) is 5.89. The van der Waals surface area contributed by atoms with Crippen molar-refractivity contribution in [1.29, 1.82) is 0 Å². The number of rotatable bonds is 2. The summed E-state index contributed by atoms with van der Waals surface area (Å²) < 4.78 is 155. The number of hydrogen-bond donors (Lipinski definition) is 1. The molecule has 0 fully saturated rings. The Labute approximate surface area is 160 Å². The zero-order valence-corrected chi connectivity index (χ0v) is 14.0. The Bertz CT molecular complexity index is 784. The van der Waals surface area contributed by atoms with E-state index in [-0.39, 0.29) is 36.4 Å². The molecule has 0 amide bonds. The normalized spacial score (nSPS) is 13.5. The molecule has 0 radical (unpaired) electrons. The highest BCUT2D eigenvalue weighted by atomic mass is 19.4. The molecule has 0 atom stereocenters. The summed E-state index contributed by atoms with van der Waals surface area (Å²) in [7, 11) is 0. The van der Waals surface area contributed by atoms with Crippen LogP contribution in [-0.2, 0) is 24.7 Å². The van der Waals surface area contributed by atoms with E-state index in [9.17, 15) is 57.7 Å². The zero-order valence-electron chi connectivity index (χ0n) is 14.0. The minimum atomic E-state index is -5.33. The van der Waals surface area contributed by atoms with Gasteiger partial charge in [-0.2, -0.15) is 52.7 Å². The maximum Gasteiger partial charge on any atom is 0.416 e. The summed E-state index contributed by atoms with van der Waals surface area (Å²) in [6.45, 7) is -2.64. The van der Waals surface area contributed by atoms with Crippen LogP contribution in [0.2, 0.25) is 0 Å². The second kappa shape index (κ2) is 7.39. The van der Waals surface area contributed by atoms with E-state index in [0.29, 0.717) is 0 Å². The van der Waals surface area contributed by atoms with Crippen molar-refractivity contribution in [2.45, 2.75) is 24.7 Å². The predicted molar refractivity (Wildman–Crippen MR) is 80.1 cm³/mol. The van der Waals surface area contributed by atoms with E-state index in [4.69, 9.17) is 0 Å². The van der Waals surface area contributed by atoms with Gasteiger partial charge >= 0.3 is 31.6 Å². The maximum absolute atomic E-state index is 12.9. The number of halogens is 12. The van der Waals surface area contributed by atoms with E-state index in [2.05, 4.69) is 0 Å². The fourth-order valence-electron chi connectivity index (χ4n) is 2.47. The van der Waals surface area contributed by atoms with Gasteiger partial charge in [0, 0.05) is 0 Å². The van der Waals surface area contributed by atoms with Crippen molar-refractivity contribution < 1.29 is 57.7 Å². The molecule has 2 aromatic carbocycles. The second-order valence-corrected chi connectivity index (χ2v) is 6.08. The minimum Gasteiger partial charge on any atom is -0.443 e. The van der Waals surface area contributed by atoms with Crippen LogP contribution in [0.3, 0.4) is 0 Å². The van der Waals surface area contributed by atoms with Crippen molar-refractivity contribution in [1.82, 2.24) is 0 Å². The third-order valence-corrected chi connectivity index (χ3v) is 3.85. The van der Waals surface area contributed by atoms with Crippen molar-refractivity contribution in [2.75, 3.05) is 0 Å². The average Bonchev–Trinajstić information content (AvgIpc) is 2.57. The van der Waals surface area contributed by atoms with Crippen molar-refractivity contribution in [3.63, 3.8) is 0 Å². The van der Waals surface area contributed by atoms with Gasteiger partial charge in [-0.25, -0.2) is 0 Å². The van der Waals surface area contributed by atoms with Gasteiger partial charge in [0.2, 0.25) is 0 Å². The molecule has 0 saturated heterocycles. The van der Waals surface area contributed by atoms with Crippen LogP contribution in [0.1, 0.15) is 22.3 Å². The lowest BCUT2D eigenvalue weighted by molar-refractivity contribution is -0.144. The van der Waals surface area contributed by atoms with Crippen LogP contribution >= 0.6 is 0 Å². The first-order chi connectivity index (χ1) is 13.3. The number of benzene rings is 2. The molecule has 0 spiro atoms. The Balaban J connectivity index is 2.72. The number of alkyl halides is 12. The molecule has 0 unspecified atom stereocenters. The lowest BCUT2D eigenvalue weighted by Crippen LogP contribution is -2.44. The van der Waals surface area contributed by atoms with Crippen LogP contribution in [0.15, 0.2) is 36.4 Å². The first-order valence-corrected chi connectivity index (χ1v) is 7.57. The zero-order chi connectivity index (χ0) is 23.3. The third-order valence-electron chi connectivity index (χ3n) is 3.85. The van der Waals surface area contributed by atoms with Gasteiger partial charge in [-0.15, -0.1) is 0 Å². The van der Waals surface area contributed by atoms with Crippen LogP contribution in [0.4, 0.5) is 52.7 Å². The molecule has 0 bridgehead atoms. The summed E-state index contributed by atoms with van der Waals surface area (Å²) in [6.07, 6.45) is -21.3. The maximum atomic E-state index is 12.9. The van der Waals surface area contributed by atoms with Crippen molar-refractivity contribution in [3.05, 3.63) is 58.7 Å². The Morgan fingerprint density at radius 3 is 0.800 bits per heavy atom. The molecule has 30 heavy (non-hydrogen) atoms. The van der Waals surface area contributed by atoms with Gasteiger partial charge < -0.3 is 5.02 Å². The number of hydrogen-bond acceptors (Lipinski definition) is 1. The monoisotopic (exact) mass is 454 g/mol. The highest BCUT2D eigenvalue weighted by Gasteiger charge is 2.40. The van der Waals surface area contributed by atoms with E-state index in [1.807, 2.05) is 0 Å². The van der Waals surface area contributed by atoms with Gasteiger partial charge in [-0.1, -0.05) is 24.3 Å². The smallest absolute Gasteiger partial charge is 0.416 e. The summed E-state index contributed by atoms with van der Waals surface area (Å²) >= 11 is 0. The lowest BCUT2D eigenvalue weighted by atomic mass is 9.55. The summed E-state index contributed by atoms with van der Waals surface area (Å²) in [6, 6.07) is -0.575. The van der Waals surface area contributed by atoms with E-state index >= 15 is 0 Å². The average molecular weight is 454 g/mol. The Morgan fingerprint density at radius 1 is 0.433 bits per heavy atom. The molecule has 0 aromatic heterocycles. The van der Waals surface area contributed by atoms with E-state index in [0.717, 1.165) is 0 Å². The second-order valence-electron chi connectivity index (χ2n) is 6.08. The summed E-state index contributed by atoms with van der Waals surface area (Å²) in [5, 5.41) is 10.1. The van der Waals surface area contributed by atoms with E-state index < -0.39 is 64.8 Å². The van der Waals surface area contributed by atoms with Gasteiger partial charge in [0.1, 0.15) is 0 Å². The Morgan fingerprint density at radius 2 is 0.633 bits per heavy atom. The molecule has 1 N–H and O–H groups in total. The fourth-order valence-corrected chi connectivity index (χ4v) is 2.47. The third kappa shape index (κ3) is 5.40. The molecule has 0 aliphatic carbocycles. The quantitative estimate of drug-likeness (QED) is 0.508. The molecule has 164 valence electrons. The molecule has 14 heteroatoms. The van der Waals surface area contributed by atoms with Crippen LogP contribution in [0.25, 0.3) is 0 Å². The molecule has 0 heterocycles.